The summed E-state index contributed by atoms with van der Waals surface area (Å²) in [4.78, 5) is 14.7. The maximum Gasteiger partial charge on any atom is 0.251 e. The van der Waals surface area contributed by atoms with Crippen molar-refractivity contribution in [2.45, 2.75) is 57.0 Å². The topological polar surface area (TPSA) is 58.4 Å². The van der Waals surface area contributed by atoms with Crippen LogP contribution in [0.25, 0.3) is 0 Å². The van der Waals surface area contributed by atoms with Gasteiger partial charge in [-0.3, -0.25) is 4.79 Å². The Morgan fingerprint density at radius 1 is 1.12 bits per heavy atom. The second kappa shape index (κ2) is 6.94. The molecule has 0 radical (unpaired) electrons. The first-order valence-electron chi connectivity index (χ1n) is 9.73. The van der Waals surface area contributed by atoms with Gasteiger partial charge in [0.25, 0.3) is 5.91 Å². The monoisotopic (exact) mass is 345 g/mol. The molecule has 3 N–H and O–H groups in total. The molecule has 1 amide bonds. The second-order valence-corrected chi connectivity index (χ2v) is 8.04. The van der Waals surface area contributed by atoms with Crippen molar-refractivity contribution in [1.29, 1.82) is 0 Å². The predicted octanol–water partition coefficient (Wildman–Crippen LogP) is 3.06. The first-order valence-corrected chi connectivity index (χ1v) is 9.73. The number of nitrogens with two attached hydrogens (primary N) is 1. The van der Waals surface area contributed by atoms with Gasteiger partial charge in [0.1, 0.15) is 5.82 Å². The summed E-state index contributed by atoms with van der Waals surface area (Å²) >= 11 is 0. The lowest BCUT2D eigenvalue weighted by molar-refractivity contribution is 0.0755. The third kappa shape index (κ3) is 3.39. The lowest BCUT2D eigenvalue weighted by atomic mass is 9.67. The van der Waals surface area contributed by atoms with E-state index in [2.05, 4.69) is 10.2 Å². The van der Waals surface area contributed by atoms with Gasteiger partial charge in [-0.25, -0.2) is 4.39 Å². The predicted molar refractivity (Wildman–Crippen MR) is 97.1 cm³/mol. The van der Waals surface area contributed by atoms with E-state index in [4.69, 9.17) is 5.73 Å². The van der Waals surface area contributed by atoms with Crippen molar-refractivity contribution in [3.05, 3.63) is 29.6 Å². The fraction of sp³-hybridized carbons (Fsp3) is 0.650. The van der Waals surface area contributed by atoms with E-state index in [-0.39, 0.29) is 23.8 Å². The van der Waals surface area contributed by atoms with E-state index in [1.54, 1.807) is 12.1 Å². The minimum absolute atomic E-state index is 0.149. The highest BCUT2D eigenvalue weighted by Crippen LogP contribution is 2.39. The van der Waals surface area contributed by atoms with Gasteiger partial charge in [-0.05, 0) is 68.6 Å². The molecule has 1 aromatic rings. The summed E-state index contributed by atoms with van der Waals surface area (Å²) in [6.07, 6.45) is 7.69. The zero-order valence-corrected chi connectivity index (χ0v) is 14.7. The first kappa shape index (κ1) is 16.8. The zero-order valence-electron chi connectivity index (χ0n) is 14.7. The molecule has 1 saturated heterocycles. The molecule has 2 aliphatic carbocycles. The number of hydrogen-bond acceptors (Lipinski definition) is 3. The number of carbonyl (C=O) groups excluding carboxylic acids is 1. The summed E-state index contributed by atoms with van der Waals surface area (Å²) in [5, 5.41) is 3.20. The number of nitrogens with one attached hydrogen (secondary N) is 1. The van der Waals surface area contributed by atoms with Gasteiger partial charge in [-0.2, -0.15) is 0 Å². The van der Waals surface area contributed by atoms with Gasteiger partial charge in [0.05, 0.1) is 5.69 Å². The van der Waals surface area contributed by atoms with Gasteiger partial charge >= 0.3 is 0 Å². The largest absolute Gasteiger partial charge is 0.369 e. The Balaban J connectivity index is 1.47. The van der Waals surface area contributed by atoms with Gasteiger partial charge < -0.3 is 16.0 Å². The molecule has 3 aliphatic rings. The van der Waals surface area contributed by atoms with Crippen molar-refractivity contribution in [3.8, 4) is 0 Å². The van der Waals surface area contributed by atoms with Gasteiger partial charge in [0.15, 0.2) is 0 Å². The molecular weight excluding hydrogens is 317 g/mol. The summed E-state index contributed by atoms with van der Waals surface area (Å²) < 4.78 is 14.5. The lowest BCUT2D eigenvalue weighted by Gasteiger charge is -2.45. The Kier molecular flexibility index (Phi) is 4.67. The average Bonchev–Trinajstić information content (AvgIpc) is 3.09. The summed E-state index contributed by atoms with van der Waals surface area (Å²) in [5.41, 5.74) is 7.20. The van der Waals surface area contributed by atoms with E-state index in [0.29, 0.717) is 23.1 Å². The van der Waals surface area contributed by atoms with Gasteiger partial charge in [-0.1, -0.05) is 6.42 Å². The summed E-state index contributed by atoms with van der Waals surface area (Å²) in [5.74, 6) is 0.505. The molecule has 1 aliphatic heterocycles. The molecule has 5 heteroatoms. The highest BCUT2D eigenvalue weighted by atomic mass is 19.1. The quantitative estimate of drug-likeness (QED) is 0.885. The molecule has 4 rings (SSSR count). The van der Waals surface area contributed by atoms with E-state index in [9.17, 15) is 9.18 Å². The number of rotatable bonds is 3. The molecule has 1 heterocycles. The van der Waals surface area contributed by atoms with E-state index < -0.39 is 0 Å². The number of anilines is 1. The molecule has 2 saturated carbocycles. The van der Waals surface area contributed by atoms with Crippen LogP contribution in [0, 0.1) is 17.7 Å². The van der Waals surface area contributed by atoms with Crippen molar-refractivity contribution in [2.75, 3.05) is 18.0 Å². The normalized spacial score (nSPS) is 31.8. The van der Waals surface area contributed by atoms with Crippen LogP contribution in [0.5, 0.6) is 0 Å². The van der Waals surface area contributed by atoms with E-state index in [1.807, 2.05) is 0 Å². The fourth-order valence-electron chi connectivity index (χ4n) is 5.12. The van der Waals surface area contributed by atoms with Crippen LogP contribution in [0.3, 0.4) is 0 Å². The molecule has 25 heavy (non-hydrogen) atoms. The van der Waals surface area contributed by atoms with Gasteiger partial charge in [0, 0.05) is 30.7 Å². The number of hydrogen-bond donors (Lipinski definition) is 2. The Hall–Kier alpha value is -1.62. The third-order valence-corrected chi connectivity index (χ3v) is 6.33. The Morgan fingerprint density at radius 3 is 2.44 bits per heavy atom. The van der Waals surface area contributed by atoms with Crippen molar-refractivity contribution in [1.82, 2.24) is 5.32 Å². The number of halogens is 1. The molecular formula is C20H28FN3O. The molecule has 1 aromatic carbocycles. The minimum Gasteiger partial charge on any atom is -0.369 e. The Bertz CT molecular complexity index is 630. The van der Waals surface area contributed by atoms with E-state index >= 15 is 0 Å². The van der Waals surface area contributed by atoms with Crippen LogP contribution in [0.4, 0.5) is 10.1 Å². The molecule has 3 fully saturated rings. The summed E-state index contributed by atoms with van der Waals surface area (Å²) in [6.45, 7) is 1.79. The standard InChI is InChI=1S/C20H28FN3O/c21-17-12-15(6-7-18(17)24-8-1-2-9-24)20(25)23-19-13-4-3-5-14(19)11-16(22)10-13/h6-7,12-14,16,19H,1-5,8-11,22H2,(H,23,25). The summed E-state index contributed by atoms with van der Waals surface area (Å²) in [6, 6.07) is 5.37. The highest BCUT2D eigenvalue weighted by Gasteiger charge is 2.40. The van der Waals surface area contributed by atoms with Crippen molar-refractivity contribution in [2.24, 2.45) is 17.6 Å². The smallest absolute Gasteiger partial charge is 0.251 e. The third-order valence-electron chi connectivity index (χ3n) is 6.33. The van der Waals surface area contributed by atoms with E-state index in [1.165, 1.54) is 12.5 Å². The zero-order chi connectivity index (χ0) is 17.4. The first-order chi connectivity index (χ1) is 12.1. The molecule has 0 spiro atoms. The molecule has 136 valence electrons. The lowest BCUT2D eigenvalue weighted by Crippen LogP contribution is -2.53. The number of nitrogens with zero attached hydrogens (tertiary/aromatic N) is 1. The average molecular weight is 345 g/mol. The van der Waals surface area contributed by atoms with Gasteiger partial charge in [-0.15, -0.1) is 0 Å². The SMILES string of the molecule is NC1CC2CCCC(C1)C2NC(=O)c1ccc(N2CCCC2)c(F)c1. The molecule has 0 aromatic heterocycles. The number of fused-ring (bicyclic) bond motifs is 2. The minimum atomic E-state index is -0.291. The van der Waals surface area contributed by atoms with Crippen LogP contribution in [0.1, 0.15) is 55.3 Å². The maximum absolute atomic E-state index is 14.5. The van der Waals surface area contributed by atoms with Gasteiger partial charge in [0.2, 0.25) is 0 Å². The molecule has 4 nitrogen and oxygen atoms in total. The van der Waals surface area contributed by atoms with Crippen LogP contribution in [-0.4, -0.2) is 31.1 Å². The van der Waals surface area contributed by atoms with Crippen molar-refractivity contribution in [3.63, 3.8) is 0 Å². The van der Waals surface area contributed by atoms with Crippen molar-refractivity contribution >= 4 is 11.6 Å². The van der Waals surface area contributed by atoms with Crippen LogP contribution in [0.2, 0.25) is 0 Å². The van der Waals surface area contributed by atoms with Crippen molar-refractivity contribution < 1.29 is 9.18 Å². The van der Waals surface area contributed by atoms with Crippen LogP contribution in [-0.2, 0) is 0 Å². The summed E-state index contributed by atoms with van der Waals surface area (Å²) in [7, 11) is 0. The highest BCUT2D eigenvalue weighted by molar-refractivity contribution is 5.94. The number of benzene rings is 1. The van der Waals surface area contributed by atoms with Crippen LogP contribution >= 0.6 is 0 Å². The molecule has 2 unspecified atom stereocenters. The fourth-order valence-corrected chi connectivity index (χ4v) is 5.12. The Morgan fingerprint density at radius 2 is 1.80 bits per heavy atom. The number of amides is 1. The van der Waals surface area contributed by atoms with Crippen LogP contribution < -0.4 is 16.0 Å². The van der Waals surface area contributed by atoms with Crippen LogP contribution in [0.15, 0.2) is 18.2 Å². The Labute approximate surface area is 148 Å². The molecule has 2 atom stereocenters. The van der Waals surface area contributed by atoms with E-state index in [0.717, 1.165) is 51.6 Å². The molecule has 2 bridgehead atoms. The maximum atomic E-state index is 14.5. The second-order valence-electron chi connectivity index (χ2n) is 8.04. The number of carbonyl (C=O) groups is 1.